The Labute approximate surface area is 141 Å². The van der Waals surface area contributed by atoms with E-state index < -0.39 is 17.6 Å². The van der Waals surface area contributed by atoms with Crippen LogP contribution < -0.4 is 14.8 Å². The van der Waals surface area contributed by atoms with Crippen LogP contribution in [-0.4, -0.2) is 20.1 Å². The molecular formula is C18H14F3NO3. The highest BCUT2D eigenvalue weighted by Gasteiger charge is 2.33. The number of methoxy groups -OCH3 is 2. The van der Waals surface area contributed by atoms with E-state index >= 15 is 0 Å². The molecule has 25 heavy (non-hydrogen) atoms. The van der Waals surface area contributed by atoms with Crippen molar-refractivity contribution in [3.63, 3.8) is 0 Å². The minimum absolute atomic E-state index is 0.132. The predicted molar refractivity (Wildman–Crippen MR) is 87.5 cm³/mol. The molecule has 0 fully saturated rings. The van der Waals surface area contributed by atoms with Crippen LogP contribution in [-0.2, 0) is 11.0 Å². The molecular weight excluding hydrogens is 335 g/mol. The molecule has 0 radical (unpaired) electrons. The average Bonchev–Trinajstić information content (AvgIpc) is 2.88. The maximum Gasteiger partial charge on any atom is 0.416 e. The molecule has 0 spiro atoms. The van der Waals surface area contributed by atoms with Crippen LogP contribution in [0.15, 0.2) is 36.4 Å². The Hall–Kier alpha value is -2.96. The SMILES string of the molecule is COc1cccc(/C=C2\C(=O)Nc3cc(C(F)(F)F)ccc32)c1OC. The Kier molecular flexibility index (Phi) is 4.16. The standard InChI is InChI=1S/C18H14F3NO3/c1-24-15-5-3-4-10(16(15)25-2)8-13-12-7-6-11(18(19,20)21)9-14(12)22-17(13)23/h3-9H,1-2H3,(H,22,23)/b13-8-. The summed E-state index contributed by atoms with van der Waals surface area (Å²) in [6.45, 7) is 0. The van der Waals surface area contributed by atoms with Gasteiger partial charge in [0.2, 0.25) is 0 Å². The molecule has 2 aromatic rings. The molecule has 0 aromatic heterocycles. The molecule has 130 valence electrons. The molecule has 0 unspecified atom stereocenters. The number of amides is 1. The van der Waals surface area contributed by atoms with Crippen molar-refractivity contribution in [2.75, 3.05) is 19.5 Å². The normalized spacial score (nSPS) is 15.1. The number of hydrogen-bond acceptors (Lipinski definition) is 3. The van der Waals surface area contributed by atoms with E-state index in [1.54, 1.807) is 24.3 Å². The largest absolute Gasteiger partial charge is 0.493 e. The number of halogens is 3. The monoisotopic (exact) mass is 349 g/mol. The van der Waals surface area contributed by atoms with E-state index in [4.69, 9.17) is 9.47 Å². The molecule has 0 atom stereocenters. The van der Waals surface area contributed by atoms with Gasteiger partial charge in [-0.1, -0.05) is 18.2 Å². The van der Waals surface area contributed by atoms with Crippen LogP contribution in [0, 0.1) is 0 Å². The zero-order valence-electron chi connectivity index (χ0n) is 13.4. The smallest absolute Gasteiger partial charge is 0.416 e. The molecule has 0 aliphatic carbocycles. The first kappa shape index (κ1) is 16.9. The van der Waals surface area contributed by atoms with Gasteiger partial charge in [-0.25, -0.2) is 0 Å². The molecule has 1 N–H and O–H groups in total. The molecule has 7 heteroatoms. The van der Waals surface area contributed by atoms with E-state index in [2.05, 4.69) is 5.32 Å². The summed E-state index contributed by atoms with van der Waals surface area (Å²) in [5.41, 5.74) is 0.567. The van der Waals surface area contributed by atoms with Crippen LogP contribution in [0.1, 0.15) is 16.7 Å². The number of benzene rings is 2. The molecule has 0 saturated carbocycles. The highest BCUT2D eigenvalue weighted by molar-refractivity contribution is 6.35. The predicted octanol–water partition coefficient (Wildman–Crippen LogP) is 4.22. The van der Waals surface area contributed by atoms with E-state index in [1.807, 2.05) is 0 Å². The highest BCUT2D eigenvalue weighted by Crippen LogP contribution is 2.40. The van der Waals surface area contributed by atoms with Crippen molar-refractivity contribution in [1.29, 1.82) is 0 Å². The summed E-state index contributed by atoms with van der Waals surface area (Å²) in [4.78, 5) is 12.2. The number of carbonyl (C=O) groups is 1. The Balaban J connectivity index is 2.09. The van der Waals surface area contributed by atoms with Gasteiger partial charge in [0.25, 0.3) is 5.91 Å². The first-order valence-electron chi connectivity index (χ1n) is 7.31. The summed E-state index contributed by atoms with van der Waals surface area (Å²) in [6, 6.07) is 8.33. The second-order valence-corrected chi connectivity index (χ2v) is 5.35. The zero-order valence-corrected chi connectivity index (χ0v) is 13.4. The Morgan fingerprint density at radius 1 is 1.08 bits per heavy atom. The van der Waals surface area contributed by atoms with Gasteiger partial charge in [-0.15, -0.1) is 0 Å². The molecule has 2 aromatic carbocycles. The van der Waals surface area contributed by atoms with E-state index in [1.165, 1.54) is 20.3 Å². The topological polar surface area (TPSA) is 47.6 Å². The van der Waals surface area contributed by atoms with Crippen LogP contribution in [0.2, 0.25) is 0 Å². The van der Waals surface area contributed by atoms with Crippen LogP contribution in [0.4, 0.5) is 18.9 Å². The number of carbonyl (C=O) groups excluding carboxylic acids is 1. The van der Waals surface area contributed by atoms with Gasteiger partial charge in [0.05, 0.1) is 19.8 Å². The van der Waals surface area contributed by atoms with Crippen molar-refractivity contribution in [3.05, 3.63) is 53.1 Å². The third-order valence-electron chi connectivity index (χ3n) is 3.86. The number of anilines is 1. The maximum atomic E-state index is 12.8. The van der Waals surface area contributed by atoms with Gasteiger partial charge < -0.3 is 14.8 Å². The summed E-state index contributed by atoms with van der Waals surface area (Å²) >= 11 is 0. The quantitative estimate of drug-likeness (QED) is 0.844. The van der Waals surface area contributed by atoms with Gasteiger partial charge in [-0.05, 0) is 24.3 Å². The van der Waals surface area contributed by atoms with Crippen LogP contribution >= 0.6 is 0 Å². The lowest BCUT2D eigenvalue weighted by atomic mass is 10.0. The summed E-state index contributed by atoms with van der Waals surface area (Å²) in [5.74, 6) is 0.452. The number of nitrogens with one attached hydrogen (secondary N) is 1. The van der Waals surface area contributed by atoms with Crippen molar-refractivity contribution in [3.8, 4) is 11.5 Å². The van der Waals surface area contributed by atoms with Crippen LogP contribution in [0.25, 0.3) is 11.6 Å². The fourth-order valence-corrected chi connectivity index (χ4v) is 2.70. The fourth-order valence-electron chi connectivity index (χ4n) is 2.70. The number of alkyl halides is 3. The van der Waals surface area contributed by atoms with E-state index in [0.29, 0.717) is 22.6 Å². The molecule has 0 bridgehead atoms. The second-order valence-electron chi connectivity index (χ2n) is 5.35. The van der Waals surface area contributed by atoms with Crippen LogP contribution in [0.5, 0.6) is 11.5 Å². The molecule has 1 amide bonds. The van der Waals surface area contributed by atoms with E-state index in [-0.39, 0.29) is 11.3 Å². The van der Waals surface area contributed by atoms with Crippen molar-refractivity contribution < 1.29 is 27.4 Å². The Morgan fingerprint density at radius 2 is 1.84 bits per heavy atom. The Bertz CT molecular complexity index is 872. The average molecular weight is 349 g/mol. The fraction of sp³-hybridized carbons (Fsp3) is 0.167. The van der Waals surface area contributed by atoms with Gasteiger partial charge >= 0.3 is 6.18 Å². The second kappa shape index (κ2) is 6.16. The molecule has 1 aliphatic heterocycles. The molecule has 1 heterocycles. The van der Waals surface area contributed by atoms with Gasteiger partial charge in [0.15, 0.2) is 11.5 Å². The van der Waals surface area contributed by atoms with E-state index in [0.717, 1.165) is 12.1 Å². The number of ether oxygens (including phenoxy) is 2. The highest BCUT2D eigenvalue weighted by atomic mass is 19.4. The van der Waals surface area contributed by atoms with Gasteiger partial charge in [0.1, 0.15) is 0 Å². The van der Waals surface area contributed by atoms with Crippen molar-refractivity contribution in [2.45, 2.75) is 6.18 Å². The van der Waals surface area contributed by atoms with Gasteiger partial charge in [-0.2, -0.15) is 13.2 Å². The lowest BCUT2D eigenvalue weighted by molar-refractivity contribution is -0.137. The number of rotatable bonds is 3. The summed E-state index contributed by atoms with van der Waals surface area (Å²) in [7, 11) is 2.96. The summed E-state index contributed by atoms with van der Waals surface area (Å²) in [5, 5.41) is 2.47. The maximum absolute atomic E-state index is 12.8. The molecule has 0 saturated heterocycles. The number of fused-ring (bicyclic) bond motifs is 1. The summed E-state index contributed by atoms with van der Waals surface area (Å²) in [6.07, 6.45) is -2.90. The molecule has 4 nitrogen and oxygen atoms in total. The summed E-state index contributed by atoms with van der Waals surface area (Å²) < 4.78 is 49.0. The number of hydrogen-bond donors (Lipinski definition) is 1. The van der Waals surface area contributed by atoms with Crippen LogP contribution in [0.3, 0.4) is 0 Å². The lowest BCUT2D eigenvalue weighted by Crippen LogP contribution is -2.06. The van der Waals surface area contributed by atoms with Gasteiger partial charge in [0, 0.05) is 22.4 Å². The van der Waals surface area contributed by atoms with E-state index in [9.17, 15) is 18.0 Å². The number of para-hydroxylation sites is 1. The zero-order chi connectivity index (χ0) is 18.2. The lowest BCUT2D eigenvalue weighted by Gasteiger charge is -2.10. The van der Waals surface area contributed by atoms with Gasteiger partial charge in [-0.3, -0.25) is 4.79 Å². The van der Waals surface area contributed by atoms with Crippen molar-refractivity contribution in [2.24, 2.45) is 0 Å². The molecule has 1 aliphatic rings. The third-order valence-corrected chi connectivity index (χ3v) is 3.86. The minimum atomic E-state index is -4.47. The molecule has 3 rings (SSSR count). The Morgan fingerprint density at radius 3 is 2.48 bits per heavy atom. The minimum Gasteiger partial charge on any atom is -0.493 e. The van der Waals surface area contributed by atoms with Crippen molar-refractivity contribution >= 4 is 23.2 Å². The van der Waals surface area contributed by atoms with Crippen molar-refractivity contribution in [1.82, 2.24) is 0 Å². The third kappa shape index (κ3) is 3.05. The first-order valence-corrected chi connectivity index (χ1v) is 7.31. The first-order chi connectivity index (χ1) is 11.8.